The molecule has 2 aromatic rings. The minimum absolute atomic E-state index is 0.299. The molecule has 0 amide bonds. The first-order valence-electron chi connectivity index (χ1n) is 5.40. The van der Waals surface area contributed by atoms with Crippen molar-refractivity contribution < 1.29 is 4.39 Å². The highest BCUT2D eigenvalue weighted by molar-refractivity contribution is 9.10. The van der Waals surface area contributed by atoms with Crippen molar-refractivity contribution >= 4 is 39.1 Å². The van der Waals surface area contributed by atoms with Crippen LogP contribution in [0.5, 0.6) is 0 Å². The van der Waals surface area contributed by atoms with Crippen LogP contribution in [0, 0.1) is 5.82 Å². The predicted molar refractivity (Wildman–Crippen MR) is 77.9 cm³/mol. The van der Waals surface area contributed by atoms with Gasteiger partial charge in [-0.3, -0.25) is 0 Å². The van der Waals surface area contributed by atoms with Gasteiger partial charge < -0.3 is 0 Å². The van der Waals surface area contributed by atoms with Crippen LogP contribution in [0.3, 0.4) is 0 Å². The van der Waals surface area contributed by atoms with E-state index in [1.165, 1.54) is 6.07 Å². The van der Waals surface area contributed by atoms with Gasteiger partial charge >= 0.3 is 0 Å². The van der Waals surface area contributed by atoms with Gasteiger partial charge in [-0.1, -0.05) is 35.9 Å². The van der Waals surface area contributed by atoms with Crippen molar-refractivity contribution in [1.82, 2.24) is 0 Å². The van der Waals surface area contributed by atoms with E-state index >= 15 is 0 Å². The highest BCUT2D eigenvalue weighted by atomic mass is 79.9. The average molecular weight is 348 g/mol. The molecule has 0 heterocycles. The molecule has 0 aromatic heterocycles. The molecule has 1 unspecified atom stereocenters. The number of rotatable bonds is 3. The van der Waals surface area contributed by atoms with Crippen LogP contribution in [0.2, 0.25) is 5.02 Å². The van der Waals surface area contributed by atoms with E-state index in [1.807, 2.05) is 30.3 Å². The molecule has 18 heavy (non-hydrogen) atoms. The van der Waals surface area contributed by atoms with Crippen LogP contribution >= 0.6 is 39.1 Å². The van der Waals surface area contributed by atoms with Gasteiger partial charge in [-0.05, 0) is 51.7 Å². The Balaban J connectivity index is 2.19. The van der Waals surface area contributed by atoms with Gasteiger partial charge in [-0.25, -0.2) is 4.39 Å². The summed E-state index contributed by atoms with van der Waals surface area (Å²) < 4.78 is 13.9. The van der Waals surface area contributed by atoms with Gasteiger partial charge in [0.15, 0.2) is 0 Å². The summed E-state index contributed by atoms with van der Waals surface area (Å²) in [4.78, 5) is 0. The molecule has 0 bridgehead atoms. The molecule has 2 rings (SSSR count). The molecule has 0 aliphatic rings. The molecule has 1 atom stereocenters. The van der Waals surface area contributed by atoms with E-state index in [2.05, 4.69) is 15.9 Å². The van der Waals surface area contributed by atoms with Crippen molar-refractivity contribution in [2.75, 3.05) is 0 Å². The van der Waals surface area contributed by atoms with E-state index < -0.39 is 0 Å². The van der Waals surface area contributed by atoms with Crippen molar-refractivity contribution in [1.29, 1.82) is 0 Å². The Morgan fingerprint density at radius 3 is 2.56 bits per heavy atom. The summed E-state index contributed by atoms with van der Waals surface area (Å²) in [5.74, 6) is -0.308. The molecule has 0 aliphatic carbocycles. The smallest absolute Gasteiger partial charge is 0.137 e. The SMILES string of the molecule is Fc1cc(C(Cl)Cc2ccccc2Cl)ccc1Br. The van der Waals surface area contributed by atoms with Crippen molar-refractivity contribution in [3.8, 4) is 0 Å². The Bertz CT molecular complexity index is 557. The standard InChI is InChI=1S/C14H10BrCl2F/c15-11-6-5-10(8-14(11)18)13(17)7-9-3-1-2-4-12(9)16/h1-6,8,13H,7H2. The Morgan fingerprint density at radius 2 is 1.89 bits per heavy atom. The van der Waals surface area contributed by atoms with Crippen molar-refractivity contribution in [2.24, 2.45) is 0 Å². The Kier molecular flexibility index (Phi) is 4.66. The monoisotopic (exact) mass is 346 g/mol. The average Bonchev–Trinajstić information content (AvgIpc) is 2.35. The largest absolute Gasteiger partial charge is 0.206 e. The number of hydrogen-bond donors (Lipinski definition) is 0. The van der Waals surface area contributed by atoms with Gasteiger partial charge in [0.05, 0.1) is 9.85 Å². The normalized spacial score (nSPS) is 12.4. The van der Waals surface area contributed by atoms with E-state index in [0.717, 1.165) is 11.1 Å². The summed E-state index contributed by atoms with van der Waals surface area (Å²) in [6.07, 6.45) is 0.572. The van der Waals surface area contributed by atoms with Gasteiger partial charge in [0.25, 0.3) is 0 Å². The van der Waals surface area contributed by atoms with Crippen molar-refractivity contribution in [3.63, 3.8) is 0 Å². The maximum atomic E-state index is 13.4. The van der Waals surface area contributed by atoms with Crippen LogP contribution in [0.1, 0.15) is 16.5 Å². The molecule has 0 saturated carbocycles. The molecule has 0 nitrogen and oxygen atoms in total. The fraction of sp³-hybridized carbons (Fsp3) is 0.143. The second-order valence-corrected chi connectivity index (χ2v) is 5.72. The van der Waals surface area contributed by atoms with E-state index in [-0.39, 0.29) is 11.2 Å². The lowest BCUT2D eigenvalue weighted by Gasteiger charge is -2.11. The highest BCUT2D eigenvalue weighted by Crippen LogP contribution is 2.30. The summed E-state index contributed by atoms with van der Waals surface area (Å²) in [5.41, 5.74) is 1.71. The predicted octanol–water partition coefficient (Wildman–Crippen LogP) is 5.76. The number of hydrogen-bond acceptors (Lipinski definition) is 0. The third-order valence-corrected chi connectivity index (χ3v) is 4.08. The topological polar surface area (TPSA) is 0 Å². The fourth-order valence-electron chi connectivity index (χ4n) is 1.68. The van der Waals surface area contributed by atoms with Gasteiger partial charge in [-0.2, -0.15) is 0 Å². The maximum Gasteiger partial charge on any atom is 0.137 e. The van der Waals surface area contributed by atoms with Gasteiger partial charge in [-0.15, -0.1) is 11.6 Å². The summed E-state index contributed by atoms with van der Waals surface area (Å²) >= 11 is 15.5. The highest BCUT2D eigenvalue weighted by Gasteiger charge is 2.12. The second-order valence-electron chi connectivity index (χ2n) is 3.94. The molecule has 0 saturated heterocycles. The molecule has 0 fully saturated rings. The van der Waals surface area contributed by atoms with Crippen LogP contribution in [0.15, 0.2) is 46.9 Å². The molecule has 0 radical (unpaired) electrons. The first-order valence-corrected chi connectivity index (χ1v) is 7.01. The van der Waals surface area contributed by atoms with E-state index in [4.69, 9.17) is 23.2 Å². The lowest BCUT2D eigenvalue weighted by Crippen LogP contribution is -1.97. The molecule has 94 valence electrons. The third kappa shape index (κ3) is 3.25. The van der Waals surface area contributed by atoms with Crippen molar-refractivity contribution in [2.45, 2.75) is 11.8 Å². The Hall–Kier alpha value is -0.570. The molecular formula is C14H10BrCl2F. The first-order chi connectivity index (χ1) is 8.58. The minimum Gasteiger partial charge on any atom is -0.206 e. The lowest BCUT2D eigenvalue weighted by molar-refractivity contribution is 0.618. The molecule has 2 aromatic carbocycles. The van der Waals surface area contributed by atoms with Crippen LogP contribution in [-0.4, -0.2) is 0 Å². The summed E-state index contributed by atoms with van der Waals surface area (Å²) in [6.45, 7) is 0. The van der Waals surface area contributed by atoms with Gasteiger partial charge in [0, 0.05) is 5.02 Å². The van der Waals surface area contributed by atoms with Crippen LogP contribution in [0.4, 0.5) is 4.39 Å². The quantitative estimate of drug-likeness (QED) is 0.619. The summed E-state index contributed by atoms with van der Waals surface area (Å²) in [6, 6.07) is 12.4. The maximum absolute atomic E-state index is 13.4. The van der Waals surface area contributed by atoms with E-state index in [9.17, 15) is 4.39 Å². The van der Waals surface area contributed by atoms with Crippen molar-refractivity contribution in [3.05, 3.63) is 68.9 Å². The van der Waals surface area contributed by atoms with Crippen LogP contribution < -0.4 is 0 Å². The molecular weight excluding hydrogens is 338 g/mol. The second kappa shape index (κ2) is 6.05. The zero-order chi connectivity index (χ0) is 13.1. The fourth-order valence-corrected chi connectivity index (χ4v) is 2.44. The number of benzene rings is 2. The van der Waals surface area contributed by atoms with Gasteiger partial charge in [0.2, 0.25) is 0 Å². The molecule has 4 heteroatoms. The zero-order valence-corrected chi connectivity index (χ0v) is 12.4. The Morgan fingerprint density at radius 1 is 1.17 bits per heavy atom. The van der Waals surface area contributed by atoms with E-state index in [0.29, 0.717) is 15.9 Å². The van der Waals surface area contributed by atoms with Gasteiger partial charge in [0.1, 0.15) is 5.82 Å². The number of alkyl halides is 1. The Labute approximate surface area is 124 Å². The van der Waals surface area contributed by atoms with Crippen LogP contribution in [0.25, 0.3) is 0 Å². The zero-order valence-electron chi connectivity index (χ0n) is 9.34. The lowest BCUT2D eigenvalue weighted by atomic mass is 10.0. The molecule has 0 N–H and O–H groups in total. The van der Waals surface area contributed by atoms with E-state index in [1.54, 1.807) is 6.07 Å². The summed E-state index contributed by atoms with van der Waals surface area (Å²) in [5, 5.41) is 0.383. The number of halogens is 4. The third-order valence-electron chi connectivity index (χ3n) is 2.66. The molecule has 0 spiro atoms. The minimum atomic E-state index is -0.308. The summed E-state index contributed by atoms with van der Waals surface area (Å²) in [7, 11) is 0. The van der Waals surface area contributed by atoms with Crippen LogP contribution in [-0.2, 0) is 6.42 Å². The first kappa shape index (κ1) is 13.9. The molecule has 0 aliphatic heterocycles.